The predicted octanol–water partition coefficient (Wildman–Crippen LogP) is 5.01. The summed E-state index contributed by atoms with van der Waals surface area (Å²) in [7, 11) is 0. The van der Waals surface area contributed by atoms with Crippen LogP contribution < -0.4 is 4.74 Å². The maximum absolute atomic E-state index is 13.5. The fourth-order valence-electron chi connectivity index (χ4n) is 5.48. The van der Waals surface area contributed by atoms with E-state index < -0.39 is 6.04 Å². The van der Waals surface area contributed by atoms with E-state index in [0.29, 0.717) is 24.5 Å². The number of carbonyl (C=O) groups is 2. The Morgan fingerprint density at radius 2 is 1.91 bits per heavy atom. The lowest BCUT2D eigenvalue weighted by molar-refractivity contribution is -0.158. The van der Waals surface area contributed by atoms with Gasteiger partial charge >= 0.3 is 0 Å². The van der Waals surface area contributed by atoms with Crippen LogP contribution in [-0.4, -0.2) is 48.3 Å². The maximum atomic E-state index is 13.5. The summed E-state index contributed by atoms with van der Waals surface area (Å²) in [4.78, 5) is 27.9. The summed E-state index contributed by atoms with van der Waals surface area (Å²) in [6.07, 6.45) is 11.7. The molecular formula is C23H29IN4O3S. The van der Waals surface area contributed by atoms with E-state index in [0.717, 1.165) is 48.0 Å². The SMILES string of the molecule is O=C1CCC(n2cc(-c3cscc3OCC3CCCC3)nn2)C(=O)N1C1(CI)CCCC1. The van der Waals surface area contributed by atoms with Crippen LogP contribution in [0.25, 0.3) is 11.3 Å². The summed E-state index contributed by atoms with van der Waals surface area (Å²) in [6.45, 7) is 0.744. The van der Waals surface area contributed by atoms with E-state index in [-0.39, 0.29) is 17.4 Å². The molecule has 172 valence electrons. The van der Waals surface area contributed by atoms with Crippen LogP contribution in [0.4, 0.5) is 0 Å². The van der Waals surface area contributed by atoms with Gasteiger partial charge in [-0.2, -0.15) is 0 Å². The van der Waals surface area contributed by atoms with Crippen molar-refractivity contribution in [3.8, 4) is 17.0 Å². The minimum atomic E-state index is -0.476. The topological polar surface area (TPSA) is 77.3 Å². The van der Waals surface area contributed by atoms with Gasteiger partial charge in [0, 0.05) is 21.6 Å². The number of nitrogens with zero attached hydrogens (tertiary/aromatic N) is 4. The molecule has 7 nitrogen and oxygen atoms in total. The van der Waals surface area contributed by atoms with Crippen LogP contribution in [0.5, 0.6) is 5.75 Å². The first-order valence-corrected chi connectivity index (χ1v) is 14.1. The zero-order valence-electron chi connectivity index (χ0n) is 18.2. The summed E-state index contributed by atoms with van der Waals surface area (Å²) >= 11 is 3.92. The zero-order valence-corrected chi connectivity index (χ0v) is 21.1. The number of alkyl halides is 1. The minimum absolute atomic E-state index is 0.0365. The third kappa shape index (κ3) is 4.10. The van der Waals surface area contributed by atoms with Crippen LogP contribution in [0.15, 0.2) is 17.0 Å². The van der Waals surface area contributed by atoms with Crippen LogP contribution in [0.1, 0.15) is 70.3 Å². The van der Waals surface area contributed by atoms with Gasteiger partial charge in [-0.3, -0.25) is 14.5 Å². The van der Waals surface area contributed by atoms with Gasteiger partial charge in [-0.25, -0.2) is 4.68 Å². The van der Waals surface area contributed by atoms with Crippen molar-refractivity contribution in [3.05, 3.63) is 17.0 Å². The third-order valence-corrected chi connectivity index (χ3v) is 9.47. The molecule has 1 saturated heterocycles. The highest BCUT2D eigenvalue weighted by atomic mass is 127. The number of amides is 2. The van der Waals surface area contributed by atoms with Gasteiger partial charge < -0.3 is 4.74 Å². The number of ether oxygens (including phenoxy) is 1. The number of piperidine rings is 1. The number of carbonyl (C=O) groups excluding carboxylic acids is 2. The highest BCUT2D eigenvalue weighted by Gasteiger charge is 2.49. The average molecular weight is 568 g/mol. The molecule has 1 atom stereocenters. The van der Waals surface area contributed by atoms with Gasteiger partial charge in [-0.1, -0.05) is 53.5 Å². The minimum Gasteiger partial charge on any atom is -0.492 e. The van der Waals surface area contributed by atoms with E-state index in [4.69, 9.17) is 4.74 Å². The largest absolute Gasteiger partial charge is 0.492 e. The molecule has 0 aromatic carbocycles. The highest BCUT2D eigenvalue weighted by Crippen LogP contribution is 2.41. The lowest BCUT2D eigenvalue weighted by Gasteiger charge is -2.42. The Bertz CT molecular complexity index is 978. The van der Waals surface area contributed by atoms with E-state index in [9.17, 15) is 9.59 Å². The average Bonchev–Trinajstić information content (AvgIpc) is 3.60. The summed E-state index contributed by atoms with van der Waals surface area (Å²) in [6, 6.07) is -0.476. The number of hydrogen-bond donors (Lipinski definition) is 0. The number of imide groups is 1. The van der Waals surface area contributed by atoms with Crippen LogP contribution >= 0.6 is 33.9 Å². The Balaban J connectivity index is 1.34. The van der Waals surface area contributed by atoms with Crippen LogP contribution in [0, 0.1) is 5.92 Å². The Kier molecular flexibility index (Phi) is 6.55. The predicted molar refractivity (Wildman–Crippen MR) is 131 cm³/mol. The molecule has 2 aliphatic carbocycles. The molecule has 0 radical (unpaired) electrons. The summed E-state index contributed by atoms with van der Waals surface area (Å²) in [5.41, 5.74) is 1.31. The molecule has 0 bridgehead atoms. The van der Waals surface area contributed by atoms with Crippen LogP contribution in [0.2, 0.25) is 0 Å². The van der Waals surface area contributed by atoms with E-state index in [1.54, 1.807) is 20.9 Å². The van der Waals surface area contributed by atoms with Crippen molar-refractivity contribution < 1.29 is 14.3 Å². The van der Waals surface area contributed by atoms with E-state index in [1.807, 2.05) is 17.0 Å². The van der Waals surface area contributed by atoms with Gasteiger partial charge in [0.1, 0.15) is 17.5 Å². The fraction of sp³-hybridized carbons (Fsp3) is 0.652. The molecule has 5 rings (SSSR count). The normalized spacial score (nSPS) is 23.9. The molecule has 3 aliphatic rings. The molecule has 1 unspecified atom stereocenters. The van der Waals surface area contributed by atoms with E-state index in [1.165, 1.54) is 25.7 Å². The second-order valence-corrected chi connectivity index (χ2v) is 10.9. The molecule has 0 spiro atoms. The molecule has 1 aliphatic heterocycles. The maximum Gasteiger partial charge on any atom is 0.254 e. The molecule has 2 aromatic heterocycles. The first-order chi connectivity index (χ1) is 15.6. The summed E-state index contributed by atoms with van der Waals surface area (Å²) < 4.78 is 8.57. The van der Waals surface area contributed by atoms with E-state index in [2.05, 4.69) is 32.9 Å². The lowest BCUT2D eigenvalue weighted by atomic mass is 9.92. The quantitative estimate of drug-likeness (QED) is 0.267. The van der Waals surface area contributed by atoms with Crippen molar-refractivity contribution in [1.82, 2.24) is 19.9 Å². The van der Waals surface area contributed by atoms with Gasteiger partial charge in [0.05, 0.1) is 23.9 Å². The summed E-state index contributed by atoms with van der Waals surface area (Å²) in [5.74, 6) is 1.32. The monoisotopic (exact) mass is 568 g/mol. The van der Waals surface area contributed by atoms with Gasteiger partial charge in [-0.05, 0) is 38.0 Å². The first kappa shape index (κ1) is 22.3. The molecular weight excluding hydrogens is 539 g/mol. The van der Waals surface area contributed by atoms with Crippen molar-refractivity contribution >= 4 is 45.7 Å². The van der Waals surface area contributed by atoms with Crippen molar-refractivity contribution in [2.24, 2.45) is 5.92 Å². The highest BCUT2D eigenvalue weighted by molar-refractivity contribution is 14.1. The molecule has 3 fully saturated rings. The van der Waals surface area contributed by atoms with Gasteiger partial charge in [0.25, 0.3) is 5.91 Å². The Hall–Kier alpha value is -1.49. The lowest BCUT2D eigenvalue weighted by Crippen LogP contribution is -2.58. The number of thiophene rings is 1. The van der Waals surface area contributed by atoms with E-state index >= 15 is 0 Å². The Labute approximate surface area is 206 Å². The van der Waals surface area contributed by atoms with Gasteiger partial charge in [0.15, 0.2) is 0 Å². The molecule has 2 amide bonds. The third-order valence-electron chi connectivity index (χ3n) is 7.33. The number of hydrogen-bond acceptors (Lipinski definition) is 6. The number of halogens is 1. The Morgan fingerprint density at radius 1 is 1.12 bits per heavy atom. The number of likely N-dealkylation sites (tertiary alicyclic amines) is 1. The summed E-state index contributed by atoms with van der Waals surface area (Å²) in [5, 5.41) is 12.7. The van der Waals surface area contributed by atoms with Gasteiger partial charge in [0.2, 0.25) is 5.91 Å². The zero-order chi connectivity index (χ0) is 22.1. The molecule has 2 aromatic rings. The molecule has 0 N–H and O–H groups in total. The smallest absolute Gasteiger partial charge is 0.254 e. The first-order valence-electron chi connectivity index (χ1n) is 11.7. The fourth-order valence-corrected chi connectivity index (χ4v) is 7.35. The second kappa shape index (κ2) is 9.40. The van der Waals surface area contributed by atoms with Crippen molar-refractivity contribution in [3.63, 3.8) is 0 Å². The Morgan fingerprint density at radius 3 is 2.66 bits per heavy atom. The number of aromatic nitrogens is 3. The van der Waals surface area contributed by atoms with Crippen LogP contribution in [-0.2, 0) is 9.59 Å². The molecule has 3 heterocycles. The molecule has 9 heteroatoms. The molecule has 2 saturated carbocycles. The standard InChI is InChI=1S/C23H29IN4O3S/c24-15-23(9-3-4-10-23)28-21(29)8-7-19(22(28)30)27-11-18(25-26-27)17-13-32-14-20(17)31-12-16-5-1-2-6-16/h11,13-14,16,19H,1-10,12,15H2. The molecule has 32 heavy (non-hydrogen) atoms. The second-order valence-electron chi connectivity index (χ2n) is 9.38. The number of rotatable bonds is 7. The van der Waals surface area contributed by atoms with Crippen molar-refractivity contribution in [1.29, 1.82) is 0 Å². The van der Waals surface area contributed by atoms with Crippen molar-refractivity contribution in [2.75, 3.05) is 11.0 Å². The van der Waals surface area contributed by atoms with Crippen molar-refractivity contribution in [2.45, 2.75) is 75.8 Å². The van der Waals surface area contributed by atoms with Crippen LogP contribution in [0.3, 0.4) is 0 Å². The van der Waals surface area contributed by atoms with Gasteiger partial charge in [-0.15, -0.1) is 16.4 Å².